The first-order valence-corrected chi connectivity index (χ1v) is 7.70. The lowest BCUT2D eigenvalue weighted by Gasteiger charge is -2.13. The summed E-state index contributed by atoms with van der Waals surface area (Å²) in [5, 5.41) is 4.56. The van der Waals surface area contributed by atoms with Crippen molar-refractivity contribution in [1.29, 1.82) is 0 Å². The maximum absolute atomic E-state index is 12.5. The van der Waals surface area contributed by atoms with E-state index in [1.54, 1.807) is 0 Å². The number of fused-ring (bicyclic) bond motifs is 1. The third-order valence-corrected chi connectivity index (χ3v) is 4.12. The molecule has 2 N–H and O–H groups in total. The van der Waals surface area contributed by atoms with Crippen molar-refractivity contribution in [3.63, 3.8) is 0 Å². The standard InChI is InChI=1S/C18H18ClN3O/c1-11-15-9-4-12(19)10-16(15)21-17(11)18(23)20-13-5-7-14(8-6-13)22(2)3/h4-10,21H,1-3H3,(H,20,23). The van der Waals surface area contributed by atoms with Crippen LogP contribution in [-0.4, -0.2) is 25.0 Å². The molecule has 0 fully saturated rings. The molecule has 3 rings (SSSR count). The van der Waals surface area contributed by atoms with E-state index in [-0.39, 0.29) is 5.91 Å². The summed E-state index contributed by atoms with van der Waals surface area (Å²) >= 11 is 6.01. The molecule has 1 aromatic heterocycles. The zero-order valence-electron chi connectivity index (χ0n) is 13.3. The zero-order chi connectivity index (χ0) is 16.6. The lowest BCUT2D eigenvalue weighted by molar-refractivity contribution is 0.102. The Morgan fingerprint density at radius 1 is 1.13 bits per heavy atom. The minimum atomic E-state index is -0.160. The van der Waals surface area contributed by atoms with Crippen LogP contribution >= 0.6 is 11.6 Å². The van der Waals surface area contributed by atoms with Crippen molar-refractivity contribution in [2.75, 3.05) is 24.3 Å². The minimum absolute atomic E-state index is 0.160. The van der Waals surface area contributed by atoms with Gasteiger partial charge in [0.15, 0.2) is 0 Å². The predicted molar refractivity (Wildman–Crippen MR) is 96.8 cm³/mol. The summed E-state index contributed by atoms with van der Waals surface area (Å²) in [6.45, 7) is 1.93. The van der Waals surface area contributed by atoms with Gasteiger partial charge in [0.1, 0.15) is 5.69 Å². The first-order valence-electron chi connectivity index (χ1n) is 7.32. The van der Waals surface area contributed by atoms with Gasteiger partial charge in [-0.2, -0.15) is 0 Å². The topological polar surface area (TPSA) is 48.1 Å². The number of hydrogen-bond donors (Lipinski definition) is 2. The number of amides is 1. The van der Waals surface area contributed by atoms with Gasteiger partial charge in [0, 0.05) is 41.4 Å². The van der Waals surface area contributed by atoms with Crippen LogP contribution in [0.3, 0.4) is 0 Å². The van der Waals surface area contributed by atoms with Gasteiger partial charge in [-0.1, -0.05) is 17.7 Å². The van der Waals surface area contributed by atoms with Gasteiger partial charge in [-0.15, -0.1) is 0 Å². The van der Waals surface area contributed by atoms with Crippen molar-refractivity contribution in [2.24, 2.45) is 0 Å². The molecule has 0 saturated carbocycles. The summed E-state index contributed by atoms with van der Waals surface area (Å²) in [6.07, 6.45) is 0. The van der Waals surface area contributed by atoms with Crippen molar-refractivity contribution in [2.45, 2.75) is 6.92 Å². The Bertz CT molecular complexity index is 866. The van der Waals surface area contributed by atoms with Crippen LogP contribution in [0.5, 0.6) is 0 Å². The predicted octanol–water partition coefficient (Wildman–Crippen LogP) is 4.45. The van der Waals surface area contributed by atoms with E-state index < -0.39 is 0 Å². The number of nitrogens with zero attached hydrogens (tertiary/aromatic N) is 1. The van der Waals surface area contributed by atoms with E-state index in [4.69, 9.17) is 11.6 Å². The first kappa shape index (κ1) is 15.4. The molecule has 1 amide bonds. The Morgan fingerprint density at radius 3 is 2.48 bits per heavy atom. The van der Waals surface area contributed by atoms with Crippen molar-refractivity contribution in [1.82, 2.24) is 4.98 Å². The van der Waals surface area contributed by atoms with Gasteiger partial charge in [-0.05, 0) is 48.9 Å². The van der Waals surface area contributed by atoms with Crippen molar-refractivity contribution >= 4 is 39.8 Å². The van der Waals surface area contributed by atoms with Crippen LogP contribution in [0.25, 0.3) is 10.9 Å². The van der Waals surface area contributed by atoms with E-state index in [1.807, 2.05) is 68.4 Å². The maximum atomic E-state index is 12.5. The third kappa shape index (κ3) is 3.03. The Labute approximate surface area is 140 Å². The lowest BCUT2D eigenvalue weighted by Crippen LogP contribution is -2.14. The van der Waals surface area contributed by atoms with Crippen LogP contribution < -0.4 is 10.2 Å². The van der Waals surface area contributed by atoms with E-state index in [0.29, 0.717) is 10.7 Å². The van der Waals surface area contributed by atoms with E-state index in [1.165, 1.54) is 0 Å². The Morgan fingerprint density at radius 2 is 1.83 bits per heavy atom. The highest BCUT2D eigenvalue weighted by atomic mass is 35.5. The average molecular weight is 328 g/mol. The molecule has 0 spiro atoms. The van der Waals surface area contributed by atoms with Crippen LogP contribution in [0, 0.1) is 6.92 Å². The largest absolute Gasteiger partial charge is 0.378 e. The molecule has 0 aliphatic rings. The summed E-state index contributed by atoms with van der Waals surface area (Å²) < 4.78 is 0. The number of hydrogen-bond acceptors (Lipinski definition) is 2. The molecular weight excluding hydrogens is 310 g/mol. The van der Waals surface area contributed by atoms with E-state index in [0.717, 1.165) is 27.8 Å². The number of aromatic nitrogens is 1. The van der Waals surface area contributed by atoms with Crippen LogP contribution in [0.15, 0.2) is 42.5 Å². The number of carbonyl (C=O) groups is 1. The van der Waals surface area contributed by atoms with Crippen LogP contribution in [0.2, 0.25) is 5.02 Å². The molecule has 0 aliphatic heterocycles. The van der Waals surface area contributed by atoms with Gasteiger partial charge in [0.25, 0.3) is 5.91 Å². The molecular formula is C18H18ClN3O. The van der Waals surface area contributed by atoms with Gasteiger partial charge in [-0.25, -0.2) is 0 Å². The smallest absolute Gasteiger partial charge is 0.272 e. The van der Waals surface area contributed by atoms with E-state index >= 15 is 0 Å². The Balaban J connectivity index is 1.87. The number of anilines is 2. The molecule has 2 aromatic carbocycles. The first-order chi connectivity index (χ1) is 11.0. The maximum Gasteiger partial charge on any atom is 0.272 e. The molecule has 0 aliphatic carbocycles. The van der Waals surface area contributed by atoms with Crippen LogP contribution in [0.4, 0.5) is 11.4 Å². The number of nitrogens with one attached hydrogen (secondary N) is 2. The highest BCUT2D eigenvalue weighted by Gasteiger charge is 2.15. The molecule has 4 nitrogen and oxygen atoms in total. The molecule has 1 heterocycles. The molecule has 5 heteroatoms. The van der Waals surface area contributed by atoms with Gasteiger partial charge >= 0.3 is 0 Å². The number of H-pyrrole nitrogens is 1. The quantitative estimate of drug-likeness (QED) is 0.746. The van der Waals surface area contributed by atoms with Gasteiger partial charge in [0.05, 0.1) is 0 Å². The normalized spacial score (nSPS) is 10.8. The number of aryl methyl sites for hydroxylation is 1. The van der Waals surface area contributed by atoms with Crippen LogP contribution in [0.1, 0.15) is 16.1 Å². The Hall–Kier alpha value is -2.46. The summed E-state index contributed by atoms with van der Waals surface area (Å²) in [6, 6.07) is 13.3. The third-order valence-electron chi connectivity index (χ3n) is 3.89. The molecule has 0 bridgehead atoms. The molecule has 0 radical (unpaired) electrons. The number of benzene rings is 2. The molecule has 0 saturated heterocycles. The average Bonchev–Trinajstić information content (AvgIpc) is 2.84. The molecule has 3 aromatic rings. The fourth-order valence-electron chi connectivity index (χ4n) is 2.57. The summed E-state index contributed by atoms with van der Waals surface area (Å²) in [4.78, 5) is 17.7. The zero-order valence-corrected chi connectivity index (χ0v) is 14.0. The van der Waals surface area contributed by atoms with E-state index in [2.05, 4.69) is 10.3 Å². The van der Waals surface area contributed by atoms with Crippen molar-refractivity contribution in [3.05, 3.63) is 58.7 Å². The molecule has 118 valence electrons. The van der Waals surface area contributed by atoms with Gasteiger partial charge in [-0.3, -0.25) is 4.79 Å². The van der Waals surface area contributed by atoms with Crippen molar-refractivity contribution < 1.29 is 4.79 Å². The molecule has 0 unspecified atom stereocenters. The van der Waals surface area contributed by atoms with Gasteiger partial charge in [0.2, 0.25) is 0 Å². The number of rotatable bonds is 3. The fraction of sp³-hybridized carbons (Fsp3) is 0.167. The minimum Gasteiger partial charge on any atom is -0.378 e. The second kappa shape index (κ2) is 5.97. The molecule has 0 atom stereocenters. The van der Waals surface area contributed by atoms with E-state index in [9.17, 15) is 4.79 Å². The summed E-state index contributed by atoms with van der Waals surface area (Å²) in [5.41, 5.74) is 4.18. The second-order valence-corrected chi connectivity index (χ2v) is 6.15. The second-order valence-electron chi connectivity index (χ2n) is 5.71. The lowest BCUT2D eigenvalue weighted by atomic mass is 10.1. The Kier molecular flexibility index (Phi) is 4.01. The summed E-state index contributed by atoms with van der Waals surface area (Å²) in [7, 11) is 3.96. The highest BCUT2D eigenvalue weighted by Crippen LogP contribution is 2.25. The monoisotopic (exact) mass is 327 g/mol. The summed E-state index contributed by atoms with van der Waals surface area (Å²) in [5.74, 6) is -0.160. The fourth-order valence-corrected chi connectivity index (χ4v) is 2.75. The molecule has 23 heavy (non-hydrogen) atoms. The van der Waals surface area contributed by atoms with Gasteiger partial charge < -0.3 is 15.2 Å². The van der Waals surface area contributed by atoms with Crippen LogP contribution in [-0.2, 0) is 0 Å². The van der Waals surface area contributed by atoms with Crippen molar-refractivity contribution in [3.8, 4) is 0 Å². The number of halogens is 1. The number of aromatic amines is 1. The number of carbonyl (C=O) groups excluding carboxylic acids is 1. The SMILES string of the molecule is Cc1c(C(=O)Nc2ccc(N(C)C)cc2)[nH]c2cc(Cl)ccc12. The highest BCUT2D eigenvalue weighted by molar-refractivity contribution is 6.31.